The van der Waals surface area contributed by atoms with Crippen molar-refractivity contribution in [2.75, 3.05) is 12.3 Å². The molecule has 98 valence electrons. The Kier molecular flexibility index (Phi) is 3.61. The normalized spacial score (nSPS) is 10.2. The summed E-state index contributed by atoms with van der Waals surface area (Å²) in [6.07, 6.45) is 1.20. The summed E-state index contributed by atoms with van der Waals surface area (Å²) < 4.78 is 5.47. The molecule has 3 N–H and O–H groups in total. The molecule has 0 saturated heterocycles. The zero-order chi connectivity index (χ0) is 13.8. The van der Waals surface area contributed by atoms with E-state index in [1.54, 1.807) is 12.1 Å². The van der Waals surface area contributed by atoms with Gasteiger partial charge in [-0.3, -0.25) is 0 Å². The molecule has 1 aromatic heterocycles. The minimum atomic E-state index is -1.15. The van der Waals surface area contributed by atoms with Crippen LogP contribution < -0.4 is 10.5 Å². The van der Waals surface area contributed by atoms with Crippen molar-refractivity contribution in [1.29, 1.82) is 0 Å². The molecule has 0 spiro atoms. The third-order valence-electron chi connectivity index (χ3n) is 2.48. The van der Waals surface area contributed by atoms with E-state index in [1.807, 2.05) is 19.1 Å². The van der Waals surface area contributed by atoms with Crippen LogP contribution in [0.25, 0.3) is 11.4 Å². The molecule has 0 amide bonds. The Bertz CT molecular complexity index is 614. The summed E-state index contributed by atoms with van der Waals surface area (Å²) in [5.41, 5.74) is 6.17. The van der Waals surface area contributed by atoms with E-state index in [9.17, 15) is 4.79 Å². The number of ether oxygens (including phenoxy) is 1. The van der Waals surface area contributed by atoms with Crippen molar-refractivity contribution in [3.8, 4) is 17.1 Å². The molecule has 0 aliphatic carbocycles. The maximum atomic E-state index is 10.9. The zero-order valence-corrected chi connectivity index (χ0v) is 10.3. The number of hydrogen-bond donors (Lipinski definition) is 2. The molecule has 1 aromatic carbocycles. The molecule has 0 saturated carbocycles. The summed E-state index contributed by atoms with van der Waals surface area (Å²) >= 11 is 0. The summed E-state index contributed by atoms with van der Waals surface area (Å²) in [7, 11) is 0. The Morgan fingerprint density at radius 1 is 1.42 bits per heavy atom. The molecule has 19 heavy (non-hydrogen) atoms. The molecule has 0 aliphatic rings. The number of carboxylic acid groups (broad SMARTS) is 1. The lowest BCUT2D eigenvalue weighted by atomic mass is 10.2. The van der Waals surface area contributed by atoms with Gasteiger partial charge in [-0.1, -0.05) is 12.1 Å². The topological polar surface area (TPSA) is 98.3 Å². The fraction of sp³-hybridized carbons (Fsp3) is 0.154. The minimum absolute atomic E-state index is 0.0659. The van der Waals surface area contributed by atoms with Gasteiger partial charge in [0.05, 0.1) is 12.2 Å². The molecule has 2 aromatic rings. The van der Waals surface area contributed by atoms with Gasteiger partial charge in [-0.05, 0) is 19.1 Å². The van der Waals surface area contributed by atoms with E-state index in [0.29, 0.717) is 23.7 Å². The van der Waals surface area contributed by atoms with E-state index in [0.717, 1.165) is 0 Å². The van der Waals surface area contributed by atoms with Crippen LogP contribution in [0.3, 0.4) is 0 Å². The maximum absolute atomic E-state index is 10.9. The highest BCUT2D eigenvalue weighted by Gasteiger charge is 2.14. The molecule has 0 bridgehead atoms. The lowest BCUT2D eigenvalue weighted by molar-refractivity contribution is 0.0697. The van der Waals surface area contributed by atoms with Gasteiger partial charge in [-0.15, -0.1) is 0 Å². The fourth-order valence-corrected chi connectivity index (χ4v) is 1.62. The van der Waals surface area contributed by atoms with Crippen molar-refractivity contribution < 1.29 is 14.6 Å². The summed E-state index contributed by atoms with van der Waals surface area (Å²) in [6.45, 7) is 2.39. The first-order chi connectivity index (χ1) is 9.13. The van der Waals surface area contributed by atoms with Crippen LogP contribution in [0.4, 0.5) is 5.82 Å². The van der Waals surface area contributed by atoms with Gasteiger partial charge in [0, 0.05) is 6.20 Å². The molecule has 6 heteroatoms. The molecule has 0 atom stereocenters. The fourth-order valence-electron chi connectivity index (χ4n) is 1.62. The van der Waals surface area contributed by atoms with E-state index in [1.165, 1.54) is 6.20 Å². The van der Waals surface area contributed by atoms with Crippen LogP contribution in [0, 0.1) is 0 Å². The molecule has 0 unspecified atom stereocenters. The molecular weight excluding hydrogens is 246 g/mol. The third-order valence-corrected chi connectivity index (χ3v) is 2.48. The van der Waals surface area contributed by atoms with Crippen LogP contribution in [0.5, 0.6) is 5.75 Å². The number of anilines is 1. The van der Waals surface area contributed by atoms with Crippen LogP contribution in [0.15, 0.2) is 30.5 Å². The number of aromatic carboxylic acids is 1. The smallest absolute Gasteiger partial charge is 0.341 e. The third kappa shape index (κ3) is 2.62. The number of para-hydroxylation sites is 1. The van der Waals surface area contributed by atoms with Crippen molar-refractivity contribution in [3.63, 3.8) is 0 Å². The predicted octanol–water partition coefficient (Wildman–Crippen LogP) is 1.82. The summed E-state index contributed by atoms with van der Waals surface area (Å²) in [5.74, 6) is -0.245. The average molecular weight is 259 g/mol. The highest BCUT2D eigenvalue weighted by Crippen LogP contribution is 2.27. The maximum Gasteiger partial charge on any atom is 0.341 e. The quantitative estimate of drug-likeness (QED) is 0.869. The zero-order valence-electron chi connectivity index (χ0n) is 10.3. The van der Waals surface area contributed by atoms with E-state index >= 15 is 0 Å². The van der Waals surface area contributed by atoms with Crippen LogP contribution >= 0.6 is 0 Å². The van der Waals surface area contributed by atoms with Crippen LogP contribution in [-0.4, -0.2) is 27.7 Å². The van der Waals surface area contributed by atoms with Crippen molar-refractivity contribution >= 4 is 11.8 Å². The number of nitrogens with zero attached hydrogens (tertiary/aromatic N) is 2. The number of nitrogens with two attached hydrogens (primary N) is 1. The Balaban J connectivity index is 2.48. The number of benzene rings is 1. The molecule has 1 heterocycles. The molecule has 6 nitrogen and oxygen atoms in total. The van der Waals surface area contributed by atoms with Gasteiger partial charge >= 0.3 is 5.97 Å². The van der Waals surface area contributed by atoms with Gasteiger partial charge < -0.3 is 15.6 Å². The number of aromatic nitrogens is 2. The molecule has 0 radical (unpaired) electrons. The molecule has 0 aliphatic heterocycles. The Morgan fingerprint density at radius 2 is 2.16 bits per heavy atom. The second-order valence-electron chi connectivity index (χ2n) is 3.73. The van der Waals surface area contributed by atoms with Crippen LogP contribution in [0.2, 0.25) is 0 Å². The van der Waals surface area contributed by atoms with E-state index in [-0.39, 0.29) is 11.4 Å². The molecule has 0 fully saturated rings. The summed E-state index contributed by atoms with van der Waals surface area (Å²) in [6, 6.07) is 7.25. The highest BCUT2D eigenvalue weighted by atomic mass is 16.5. The largest absolute Gasteiger partial charge is 0.493 e. The summed E-state index contributed by atoms with van der Waals surface area (Å²) in [4.78, 5) is 18.9. The minimum Gasteiger partial charge on any atom is -0.493 e. The first kappa shape index (κ1) is 12.8. The second-order valence-corrected chi connectivity index (χ2v) is 3.73. The lowest BCUT2D eigenvalue weighted by Gasteiger charge is -2.09. The monoisotopic (exact) mass is 259 g/mol. The number of nitrogen functional groups attached to an aromatic ring is 1. The number of carbonyl (C=O) groups is 1. The van der Waals surface area contributed by atoms with Gasteiger partial charge in [-0.2, -0.15) is 0 Å². The first-order valence-electron chi connectivity index (χ1n) is 5.71. The second kappa shape index (κ2) is 5.34. The lowest BCUT2D eigenvalue weighted by Crippen LogP contribution is -2.07. The van der Waals surface area contributed by atoms with Crippen molar-refractivity contribution in [3.05, 3.63) is 36.0 Å². The number of carboxylic acids is 1. The van der Waals surface area contributed by atoms with E-state index < -0.39 is 5.97 Å². The van der Waals surface area contributed by atoms with Crippen LogP contribution in [-0.2, 0) is 0 Å². The van der Waals surface area contributed by atoms with Crippen molar-refractivity contribution in [2.45, 2.75) is 6.92 Å². The van der Waals surface area contributed by atoms with E-state index in [4.69, 9.17) is 15.6 Å². The van der Waals surface area contributed by atoms with Crippen LogP contribution in [0.1, 0.15) is 17.3 Å². The first-order valence-corrected chi connectivity index (χ1v) is 5.71. The Morgan fingerprint density at radius 3 is 2.79 bits per heavy atom. The molecular formula is C13H13N3O3. The number of hydrogen-bond acceptors (Lipinski definition) is 5. The van der Waals surface area contributed by atoms with Crippen molar-refractivity contribution in [1.82, 2.24) is 9.97 Å². The number of rotatable bonds is 4. The van der Waals surface area contributed by atoms with E-state index in [2.05, 4.69) is 9.97 Å². The van der Waals surface area contributed by atoms with Gasteiger partial charge in [0.25, 0.3) is 0 Å². The molecule has 2 rings (SSSR count). The van der Waals surface area contributed by atoms with Gasteiger partial charge in [0.2, 0.25) is 0 Å². The highest BCUT2D eigenvalue weighted by molar-refractivity contribution is 5.92. The SMILES string of the molecule is CCOc1ccccc1-c1ncc(C(=O)O)c(N)n1. The van der Waals surface area contributed by atoms with Gasteiger partial charge in [-0.25, -0.2) is 14.8 Å². The standard InChI is InChI=1S/C13H13N3O3/c1-2-19-10-6-4-3-5-8(10)12-15-7-9(13(17)18)11(14)16-12/h3-7H,2H2,1H3,(H,17,18)(H2,14,15,16). The van der Waals surface area contributed by atoms with Gasteiger partial charge in [0.1, 0.15) is 17.1 Å². The van der Waals surface area contributed by atoms with Gasteiger partial charge in [0.15, 0.2) is 5.82 Å². The summed E-state index contributed by atoms with van der Waals surface area (Å²) in [5, 5.41) is 8.88. The Labute approximate surface area is 109 Å². The van der Waals surface area contributed by atoms with Crippen molar-refractivity contribution in [2.24, 2.45) is 0 Å². The predicted molar refractivity (Wildman–Crippen MR) is 70.0 cm³/mol. The Hall–Kier alpha value is -2.63. The average Bonchev–Trinajstić information content (AvgIpc) is 2.39.